The summed E-state index contributed by atoms with van der Waals surface area (Å²) < 4.78 is 18.4. The Balaban J connectivity index is 2.37. The first-order chi connectivity index (χ1) is 10.0. The first kappa shape index (κ1) is 15.2. The number of esters is 1. The Morgan fingerprint density at radius 3 is 2.95 bits per heavy atom. The molecule has 1 fully saturated rings. The number of primary amides is 1. The molecular formula is C14H18FN3O3. The molecule has 114 valence electrons. The average Bonchev–Trinajstić information content (AvgIpc) is 2.47. The fraction of sp³-hybridized carbons (Fsp3) is 0.429. The summed E-state index contributed by atoms with van der Waals surface area (Å²) in [6.45, 7) is 3.54. The van der Waals surface area contributed by atoms with E-state index in [-0.39, 0.29) is 18.1 Å². The summed E-state index contributed by atoms with van der Waals surface area (Å²) in [6, 6.07) is 3.23. The second-order valence-electron chi connectivity index (χ2n) is 4.69. The van der Waals surface area contributed by atoms with E-state index in [9.17, 15) is 14.0 Å². The molecule has 1 unspecified atom stereocenters. The predicted octanol–water partition coefficient (Wildman–Crippen LogP) is 0.266. The molecule has 21 heavy (non-hydrogen) atoms. The van der Waals surface area contributed by atoms with Gasteiger partial charge in [-0.05, 0) is 25.1 Å². The Morgan fingerprint density at radius 1 is 1.52 bits per heavy atom. The summed E-state index contributed by atoms with van der Waals surface area (Å²) in [5, 5.41) is 3.10. The van der Waals surface area contributed by atoms with Gasteiger partial charge in [-0.3, -0.25) is 4.79 Å². The smallest absolute Gasteiger partial charge is 0.330 e. The Bertz CT molecular complexity index is 550. The summed E-state index contributed by atoms with van der Waals surface area (Å²) >= 11 is 0. The van der Waals surface area contributed by atoms with Crippen LogP contribution in [0.15, 0.2) is 18.2 Å². The third kappa shape index (κ3) is 3.30. The summed E-state index contributed by atoms with van der Waals surface area (Å²) in [6.07, 6.45) is 0. The van der Waals surface area contributed by atoms with Crippen molar-refractivity contribution in [1.29, 1.82) is 0 Å². The van der Waals surface area contributed by atoms with Gasteiger partial charge in [0.25, 0.3) is 5.91 Å². The molecule has 1 atom stereocenters. The number of nitrogens with zero attached hydrogens (tertiary/aromatic N) is 1. The lowest BCUT2D eigenvalue weighted by Crippen LogP contribution is -2.56. The van der Waals surface area contributed by atoms with Crippen LogP contribution in [-0.2, 0) is 9.53 Å². The molecule has 0 aromatic heterocycles. The highest BCUT2D eigenvalue weighted by Crippen LogP contribution is 2.24. The monoisotopic (exact) mass is 295 g/mol. The molecule has 2 rings (SSSR count). The summed E-state index contributed by atoms with van der Waals surface area (Å²) in [4.78, 5) is 25.3. The van der Waals surface area contributed by atoms with Crippen LogP contribution in [0.2, 0.25) is 0 Å². The molecule has 3 N–H and O–H groups in total. The third-order valence-electron chi connectivity index (χ3n) is 3.34. The number of rotatable bonds is 4. The molecule has 1 aromatic carbocycles. The van der Waals surface area contributed by atoms with Gasteiger partial charge in [0.2, 0.25) is 0 Å². The van der Waals surface area contributed by atoms with Gasteiger partial charge in [0.15, 0.2) is 0 Å². The van der Waals surface area contributed by atoms with Crippen LogP contribution < -0.4 is 16.0 Å². The molecule has 0 bridgehead atoms. The maximum Gasteiger partial charge on any atom is 0.330 e. The van der Waals surface area contributed by atoms with E-state index in [1.807, 2.05) is 0 Å². The molecule has 0 aliphatic carbocycles. The van der Waals surface area contributed by atoms with Crippen LogP contribution in [0.3, 0.4) is 0 Å². The maximum atomic E-state index is 13.3. The Kier molecular flexibility index (Phi) is 4.74. The SMILES string of the molecule is CCOC(=O)C1CNCCN1c1ccc(F)cc1C(N)=O. The second-order valence-corrected chi connectivity index (χ2v) is 4.69. The standard InChI is InChI=1S/C14H18FN3O3/c1-2-21-14(20)12-8-17-5-6-18(12)11-4-3-9(15)7-10(11)13(16)19/h3-4,7,12,17H,2,5-6,8H2,1H3,(H2,16,19). The van der Waals surface area contributed by atoms with Crippen molar-refractivity contribution in [3.05, 3.63) is 29.6 Å². The number of halogens is 1. The van der Waals surface area contributed by atoms with Crippen molar-refractivity contribution in [2.45, 2.75) is 13.0 Å². The van der Waals surface area contributed by atoms with Gasteiger partial charge in [0.05, 0.1) is 17.9 Å². The highest BCUT2D eigenvalue weighted by atomic mass is 19.1. The van der Waals surface area contributed by atoms with Crippen LogP contribution in [0.5, 0.6) is 0 Å². The lowest BCUT2D eigenvalue weighted by atomic mass is 10.1. The fourth-order valence-corrected chi connectivity index (χ4v) is 2.40. The van der Waals surface area contributed by atoms with Gasteiger partial charge in [-0.2, -0.15) is 0 Å². The Labute approximate surface area is 122 Å². The van der Waals surface area contributed by atoms with E-state index in [1.54, 1.807) is 11.8 Å². The van der Waals surface area contributed by atoms with Crippen molar-refractivity contribution in [1.82, 2.24) is 5.32 Å². The molecule has 1 aliphatic heterocycles. The topological polar surface area (TPSA) is 84.7 Å². The number of benzene rings is 1. The zero-order valence-corrected chi connectivity index (χ0v) is 11.8. The Hall–Kier alpha value is -2.15. The largest absolute Gasteiger partial charge is 0.464 e. The predicted molar refractivity (Wildman–Crippen MR) is 75.6 cm³/mol. The second kappa shape index (κ2) is 6.53. The normalized spacial score (nSPS) is 18.4. The molecular weight excluding hydrogens is 277 g/mol. The first-order valence-electron chi connectivity index (χ1n) is 6.78. The van der Waals surface area contributed by atoms with Crippen LogP contribution in [0.1, 0.15) is 17.3 Å². The van der Waals surface area contributed by atoms with E-state index in [4.69, 9.17) is 10.5 Å². The van der Waals surface area contributed by atoms with Gasteiger partial charge >= 0.3 is 5.97 Å². The minimum Gasteiger partial charge on any atom is -0.464 e. The number of amides is 1. The lowest BCUT2D eigenvalue weighted by Gasteiger charge is -2.37. The van der Waals surface area contributed by atoms with Gasteiger partial charge in [-0.15, -0.1) is 0 Å². The zero-order chi connectivity index (χ0) is 15.4. The van der Waals surface area contributed by atoms with Gasteiger partial charge in [-0.25, -0.2) is 9.18 Å². The molecule has 1 aromatic rings. The first-order valence-corrected chi connectivity index (χ1v) is 6.78. The minimum atomic E-state index is -0.731. The lowest BCUT2D eigenvalue weighted by molar-refractivity contribution is -0.144. The zero-order valence-electron chi connectivity index (χ0n) is 11.8. The number of carbonyl (C=O) groups is 2. The number of piperazine rings is 1. The van der Waals surface area contributed by atoms with Crippen LogP contribution in [-0.4, -0.2) is 44.2 Å². The minimum absolute atomic E-state index is 0.0613. The summed E-state index contributed by atoms with van der Waals surface area (Å²) in [5.41, 5.74) is 5.82. The third-order valence-corrected chi connectivity index (χ3v) is 3.34. The van der Waals surface area contributed by atoms with Crippen molar-refractivity contribution in [2.24, 2.45) is 5.73 Å². The van der Waals surface area contributed by atoms with Crippen molar-refractivity contribution in [2.75, 3.05) is 31.1 Å². The number of ether oxygens (including phenoxy) is 1. The number of hydrogen-bond acceptors (Lipinski definition) is 5. The number of anilines is 1. The van der Waals surface area contributed by atoms with Crippen LogP contribution in [0.4, 0.5) is 10.1 Å². The molecule has 6 nitrogen and oxygen atoms in total. The quantitative estimate of drug-likeness (QED) is 0.779. The molecule has 1 aliphatic rings. The molecule has 7 heteroatoms. The number of nitrogens with one attached hydrogen (secondary N) is 1. The van der Waals surface area contributed by atoms with E-state index in [0.717, 1.165) is 6.07 Å². The van der Waals surface area contributed by atoms with E-state index in [1.165, 1.54) is 12.1 Å². The molecule has 1 amide bonds. The maximum absolute atomic E-state index is 13.3. The van der Waals surface area contributed by atoms with E-state index >= 15 is 0 Å². The van der Waals surface area contributed by atoms with E-state index in [2.05, 4.69) is 5.32 Å². The van der Waals surface area contributed by atoms with Crippen molar-refractivity contribution in [3.63, 3.8) is 0 Å². The molecule has 1 saturated heterocycles. The van der Waals surface area contributed by atoms with Crippen molar-refractivity contribution < 1.29 is 18.7 Å². The van der Waals surface area contributed by atoms with Crippen LogP contribution >= 0.6 is 0 Å². The highest BCUT2D eigenvalue weighted by molar-refractivity contribution is 5.99. The van der Waals surface area contributed by atoms with Gasteiger partial charge in [0, 0.05) is 19.6 Å². The van der Waals surface area contributed by atoms with Gasteiger partial charge in [-0.1, -0.05) is 0 Å². The average molecular weight is 295 g/mol. The van der Waals surface area contributed by atoms with Crippen LogP contribution in [0.25, 0.3) is 0 Å². The summed E-state index contributed by atoms with van der Waals surface area (Å²) in [5.74, 6) is -1.66. The number of nitrogens with two attached hydrogens (primary N) is 1. The summed E-state index contributed by atoms with van der Waals surface area (Å²) in [7, 11) is 0. The molecule has 0 radical (unpaired) electrons. The molecule has 0 spiro atoms. The fourth-order valence-electron chi connectivity index (χ4n) is 2.40. The van der Waals surface area contributed by atoms with E-state index < -0.39 is 17.8 Å². The highest BCUT2D eigenvalue weighted by Gasteiger charge is 2.31. The molecule has 1 heterocycles. The van der Waals surface area contributed by atoms with E-state index in [0.29, 0.717) is 25.3 Å². The molecule has 0 saturated carbocycles. The number of hydrogen-bond donors (Lipinski definition) is 2. The number of carbonyl (C=O) groups excluding carboxylic acids is 2. The Morgan fingerprint density at radius 2 is 2.29 bits per heavy atom. The van der Waals surface area contributed by atoms with Crippen LogP contribution in [0, 0.1) is 5.82 Å². The van der Waals surface area contributed by atoms with Gasteiger partial charge in [0.1, 0.15) is 11.9 Å². The van der Waals surface area contributed by atoms with Crippen molar-refractivity contribution in [3.8, 4) is 0 Å². The van der Waals surface area contributed by atoms with Gasteiger partial charge < -0.3 is 20.7 Å². The van der Waals surface area contributed by atoms with Crippen molar-refractivity contribution >= 4 is 17.6 Å².